The van der Waals surface area contributed by atoms with E-state index >= 15 is 0 Å². The minimum atomic E-state index is -0.503. The maximum absolute atomic E-state index is 13.6. The van der Waals surface area contributed by atoms with Gasteiger partial charge in [-0.3, -0.25) is 9.48 Å². The summed E-state index contributed by atoms with van der Waals surface area (Å²) in [5.41, 5.74) is 3.05. The van der Waals surface area contributed by atoms with E-state index in [2.05, 4.69) is 36.7 Å². The van der Waals surface area contributed by atoms with Gasteiger partial charge in [-0.05, 0) is 22.9 Å². The summed E-state index contributed by atoms with van der Waals surface area (Å²) in [6, 6.07) is 0. The third kappa shape index (κ3) is 3.29. The largest absolute Gasteiger partial charge is 0.271 e. The smallest absolute Gasteiger partial charge is 0.261 e. The van der Waals surface area contributed by atoms with Crippen LogP contribution in [0.15, 0.2) is 22.0 Å². The van der Waals surface area contributed by atoms with Gasteiger partial charge in [-0.15, -0.1) is 0 Å². The zero-order valence-corrected chi connectivity index (χ0v) is 12.4. The van der Waals surface area contributed by atoms with Gasteiger partial charge in [-0.2, -0.15) is 19.7 Å². The van der Waals surface area contributed by atoms with Gasteiger partial charge in [0.15, 0.2) is 0 Å². The molecular weight excluding hydrogens is 331 g/mol. The normalized spacial score (nSPS) is 11.2. The lowest BCUT2D eigenvalue weighted by atomic mass is 10.3. The maximum Gasteiger partial charge on any atom is 0.261 e. The Kier molecular flexibility index (Phi) is 4.28. The van der Waals surface area contributed by atoms with Gasteiger partial charge < -0.3 is 0 Å². The standard InChI is InChI=1S/C11H12BrFN6O/c1-7-9(11(13)18(2)17-7)4-14-16-10(20)6-19-5-8(12)3-15-19/h3-5H,6H2,1-2H3,(H,16,20)/b14-4-. The van der Waals surface area contributed by atoms with Crippen molar-refractivity contribution in [2.45, 2.75) is 13.5 Å². The second-order valence-electron chi connectivity index (χ2n) is 4.06. The van der Waals surface area contributed by atoms with Gasteiger partial charge >= 0.3 is 0 Å². The summed E-state index contributed by atoms with van der Waals surface area (Å²) in [6.45, 7) is 1.69. The summed E-state index contributed by atoms with van der Waals surface area (Å²) >= 11 is 3.23. The Labute approximate surface area is 122 Å². The Morgan fingerprint density at radius 1 is 1.65 bits per heavy atom. The molecule has 0 unspecified atom stereocenters. The number of hydrogen-bond donors (Lipinski definition) is 1. The number of hydrazone groups is 1. The fraction of sp³-hybridized carbons (Fsp3) is 0.273. The molecule has 2 aromatic heterocycles. The molecule has 1 amide bonds. The number of nitrogens with zero attached hydrogens (tertiary/aromatic N) is 5. The zero-order valence-electron chi connectivity index (χ0n) is 10.8. The first-order chi connectivity index (χ1) is 9.47. The molecule has 0 radical (unpaired) electrons. The Morgan fingerprint density at radius 3 is 2.95 bits per heavy atom. The van der Waals surface area contributed by atoms with Crippen molar-refractivity contribution in [2.75, 3.05) is 0 Å². The Balaban J connectivity index is 1.94. The number of aromatic nitrogens is 4. The third-order valence-corrected chi connectivity index (χ3v) is 2.90. The van der Waals surface area contributed by atoms with Gasteiger partial charge in [0, 0.05) is 13.2 Å². The molecule has 0 fully saturated rings. The molecule has 20 heavy (non-hydrogen) atoms. The predicted molar refractivity (Wildman–Crippen MR) is 73.6 cm³/mol. The van der Waals surface area contributed by atoms with E-state index in [0.717, 1.165) is 9.15 Å². The number of halogens is 2. The molecule has 0 aromatic carbocycles. The molecule has 0 atom stereocenters. The van der Waals surface area contributed by atoms with Gasteiger partial charge in [-0.25, -0.2) is 10.1 Å². The topological polar surface area (TPSA) is 77.1 Å². The van der Waals surface area contributed by atoms with Crippen molar-refractivity contribution in [2.24, 2.45) is 12.1 Å². The zero-order chi connectivity index (χ0) is 14.7. The molecule has 1 N–H and O–H groups in total. The summed E-state index contributed by atoms with van der Waals surface area (Å²) in [5.74, 6) is -0.865. The van der Waals surface area contributed by atoms with Gasteiger partial charge in [-0.1, -0.05) is 0 Å². The van der Waals surface area contributed by atoms with Crippen LogP contribution in [0.4, 0.5) is 4.39 Å². The number of hydrogen-bond acceptors (Lipinski definition) is 4. The third-order valence-electron chi connectivity index (χ3n) is 2.49. The molecule has 0 aliphatic carbocycles. The summed E-state index contributed by atoms with van der Waals surface area (Å²) < 4.78 is 16.9. The van der Waals surface area contributed by atoms with E-state index in [1.165, 1.54) is 17.9 Å². The fourth-order valence-corrected chi connectivity index (χ4v) is 1.90. The van der Waals surface area contributed by atoms with Crippen LogP contribution in [0.5, 0.6) is 0 Å². The first kappa shape index (κ1) is 14.4. The van der Waals surface area contributed by atoms with E-state index in [4.69, 9.17) is 0 Å². The summed E-state index contributed by atoms with van der Waals surface area (Å²) in [5, 5.41) is 11.5. The van der Waals surface area contributed by atoms with Crippen molar-refractivity contribution in [1.29, 1.82) is 0 Å². The quantitative estimate of drug-likeness (QED) is 0.664. The average Bonchev–Trinajstić information content (AvgIpc) is 2.88. The highest BCUT2D eigenvalue weighted by Crippen LogP contribution is 2.08. The average molecular weight is 343 g/mol. The van der Waals surface area contributed by atoms with E-state index in [1.807, 2.05) is 0 Å². The van der Waals surface area contributed by atoms with Crippen LogP contribution >= 0.6 is 15.9 Å². The first-order valence-electron chi connectivity index (χ1n) is 5.66. The minimum absolute atomic E-state index is 0.0252. The molecule has 0 saturated carbocycles. The van der Waals surface area contributed by atoms with E-state index in [9.17, 15) is 9.18 Å². The molecule has 106 valence electrons. The monoisotopic (exact) mass is 342 g/mol. The molecular formula is C11H12BrFN6O. The number of amides is 1. The van der Waals surface area contributed by atoms with Crippen molar-refractivity contribution < 1.29 is 9.18 Å². The van der Waals surface area contributed by atoms with Gasteiger partial charge in [0.2, 0.25) is 5.95 Å². The highest BCUT2D eigenvalue weighted by molar-refractivity contribution is 9.10. The van der Waals surface area contributed by atoms with E-state index < -0.39 is 5.95 Å². The molecule has 0 spiro atoms. The second kappa shape index (κ2) is 5.95. The van der Waals surface area contributed by atoms with Crippen molar-refractivity contribution in [3.05, 3.63) is 34.1 Å². The van der Waals surface area contributed by atoms with Crippen LogP contribution < -0.4 is 5.43 Å². The summed E-state index contributed by atoms with van der Waals surface area (Å²) in [6.07, 6.45) is 4.47. The Morgan fingerprint density at radius 2 is 2.40 bits per heavy atom. The number of carbonyl (C=O) groups excluding carboxylic acids is 1. The Bertz CT molecular complexity index is 662. The highest BCUT2D eigenvalue weighted by atomic mass is 79.9. The van der Waals surface area contributed by atoms with Crippen molar-refractivity contribution >= 4 is 28.1 Å². The lowest BCUT2D eigenvalue weighted by Gasteiger charge is -1.99. The van der Waals surface area contributed by atoms with Gasteiger partial charge in [0.25, 0.3) is 5.91 Å². The number of carbonyl (C=O) groups is 1. The first-order valence-corrected chi connectivity index (χ1v) is 6.45. The predicted octanol–water partition coefficient (Wildman–Crippen LogP) is 0.977. The molecule has 2 heterocycles. The Hall–Kier alpha value is -2.03. The summed E-state index contributed by atoms with van der Waals surface area (Å²) in [7, 11) is 1.49. The van der Waals surface area contributed by atoms with Gasteiger partial charge in [0.05, 0.1) is 28.1 Å². The lowest BCUT2D eigenvalue weighted by Crippen LogP contribution is -2.23. The van der Waals surface area contributed by atoms with E-state index in [1.54, 1.807) is 19.3 Å². The van der Waals surface area contributed by atoms with Crippen LogP contribution in [0.3, 0.4) is 0 Å². The second-order valence-corrected chi connectivity index (χ2v) is 4.98. The lowest BCUT2D eigenvalue weighted by molar-refractivity contribution is -0.121. The van der Waals surface area contributed by atoms with Gasteiger partial charge in [0.1, 0.15) is 6.54 Å². The molecule has 9 heteroatoms. The number of rotatable bonds is 4. The molecule has 2 aromatic rings. The number of nitrogens with one attached hydrogen (secondary N) is 1. The fourth-order valence-electron chi connectivity index (χ4n) is 1.57. The number of aryl methyl sites for hydroxylation is 2. The minimum Gasteiger partial charge on any atom is -0.271 e. The van der Waals surface area contributed by atoms with Crippen molar-refractivity contribution in [3.63, 3.8) is 0 Å². The SMILES string of the molecule is Cc1nn(C)c(F)c1/C=N\NC(=O)Cn1cc(Br)cn1. The molecule has 0 bridgehead atoms. The molecule has 2 rings (SSSR count). The molecule has 7 nitrogen and oxygen atoms in total. The van der Waals surface area contributed by atoms with Crippen LogP contribution in [-0.2, 0) is 18.4 Å². The van der Waals surface area contributed by atoms with Crippen LogP contribution in [0.1, 0.15) is 11.3 Å². The molecule has 0 aliphatic heterocycles. The van der Waals surface area contributed by atoms with Crippen molar-refractivity contribution in [3.8, 4) is 0 Å². The van der Waals surface area contributed by atoms with Crippen LogP contribution in [0.25, 0.3) is 0 Å². The van der Waals surface area contributed by atoms with E-state index in [-0.39, 0.29) is 18.0 Å². The maximum atomic E-state index is 13.6. The van der Waals surface area contributed by atoms with Crippen LogP contribution in [0.2, 0.25) is 0 Å². The van der Waals surface area contributed by atoms with E-state index in [0.29, 0.717) is 5.69 Å². The van der Waals surface area contributed by atoms with Crippen molar-refractivity contribution in [1.82, 2.24) is 25.0 Å². The van der Waals surface area contributed by atoms with Crippen LogP contribution in [-0.4, -0.2) is 31.7 Å². The summed E-state index contributed by atoms with van der Waals surface area (Å²) in [4.78, 5) is 11.6. The van der Waals surface area contributed by atoms with Crippen LogP contribution in [0, 0.1) is 12.9 Å². The highest BCUT2D eigenvalue weighted by Gasteiger charge is 2.10. The molecule has 0 aliphatic rings. The molecule has 0 saturated heterocycles.